The Morgan fingerprint density at radius 2 is 1.58 bits per heavy atom. The van der Waals surface area contributed by atoms with Gasteiger partial charge in [0.1, 0.15) is 5.57 Å². The first kappa shape index (κ1) is 21.7. The molecule has 0 saturated carbocycles. The number of carbonyl (C=O) groups excluding carboxylic acids is 4. The maximum atomic E-state index is 12.7. The lowest BCUT2D eigenvalue weighted by Gasteiger charge is -2.37. The number of benzene rings is 2. The molecule has 2 aliphatic heterocycles. The molecular formula is C22H19N5O6. The number of barbiturate groups is 1. The summed E-state index contributed by atoms with van der Waals surface area (Å²) in [5.41, 5.74) is 0.889. The Balaban J connectivity index is 1.59. The van der Waals surface area contributed by atoms with Gasteiger partial charge in [0.05, 0.1) is 4.92 Å². The fraction of sp³-hybridized carbons (Fsp3) is 0.182. The highest BCUT2D eigenvalue weighted by atomic mass is 16.6. The minimum absolute atomic E-state index is 0.0819. The summed E-state index contributed by atoms with van der Waals surface area (Å²) < 4.78 is 0. The molecule has 2 fully saturated rings. The molecule has 168 valence electrons. The van der Waals surface area contributed by atoms with E-state index in [0.717, 1.165) is 0 Å². The number of rotatable bonds is 4. The van der Waals surface area contributed by atoms with Crippen molar-refractivity contribution < 1.29 is 24.1 Å². The molecule has 0 radical (unpaired) electrons. The van der Waals surface area contributed by atoms with Gasteiger partial charge in [0.25, 0.3) is 23.4 Å². The molecule has 5 amide bonds. The van der Waals surface area contributed by atoms with Crippen LogP contribution in [0.2, 0.25) is 0 Å². The third kappa shape index (κ3) is 4.56. The van der Waals surface area contributed by atoms with E-state index in [1.165, 1.54) is 18.2 Å². The number of amides is 5. The first-order valence-corrected chi connectivity index (χ1v) is 10.1. The molecule has 11 nitrogen and oxygen atoms in total. The van der Waals surface area contributed by atoms with Crippen molar-refractivity contribution in [2.75, 3.05) is 31.1 Å². The smallest absolute Gasteiger partial charge is 0.328 e. The van der Waals surface area contributed by atoms with E-state index in [1.54, 1.807) is 35.2 Å². The lowest BCUT2D eigenvalue weighted by molar-refractivity contribution is -0.384. The molecule has 11 heteroatoms. The highest BCUT2D eigenvalue weighted by Crippen LogP contribution is 2.29. The normalized spacial score (nSPS) is 16.2. The van der Waals surface area contributed by atoms with E-state index in [9.17, 15) is 29.3 Å². The first-order valence-electron chi connectivity index (χ1n) is 10.1. The molecule has 2 aliphatic rings. The molecule has 2 aromatic carbocycles. The second kappa shape index (κ2) is 8.91. The van der Waals surface area contributed by atoms with Crippen LogP contribution in [0.3, 0.4) is 0 Å². The number of nitrogens with one attached hydrogen (secondary N) is 2. The Morgan fingerprint density at radius 3 is 2.18 bits per heavy atom. The number of imide groups is 2. The number of hydrogen-bond donors (Lipinski definition) is 2. The minimum Gasteiger partial charge on any atom is -0.367 e. The number of piperazine rings is 1. The summed E-state index contributed by atoms with van der Waals surface area (Å²) in [5.74, 6) is -1.86. The average Bonchev–Trinajstić information content (AvgIpc) is 2.81. The number of hydrogen-bond acceptors (Lipinski definition) is 7. The molecule has 0 aromatic heterocycles. The van der Waals surface area contributed by atoms with E-state index in [0.29, 0.717) is 37.4 Å². The van der Waals surface area contributed by atoms with E-state index < -0.39 is 22.8 Å². The van der Waals surface area contributed by atoms with Crippen molar-refractivity contribution in [1.29, 1.82) is 0 Å². The molecule has 2 heterocycles. The number of carbonyl (C=O) groups is 4. The predicted molar refractivity (Wildman–Crippen MR) is 117 cm³/mol. The molecule has 0 bridgehead atoms. The molecule has 0 spiro atoms. The van der Waals surface area contributed by atoms with Crippen molar-refractivity contribution in [3.8, 4) is 0 Å². The van der Waals surface area contributed by atoms with Crippen LogP contribution in [0.4, 0.5) is 16.2 Å². The lowest BCUT2D eigenvalue weighted by atomic mass is 10.0. The number of anilines is 1. The van der Waals surface area contributed by atoms with Gasteiger partial charge in [-0.15, -0.1) is 0 Å². The first-order chi connectivity index (χ1) is 15.8. The third-order valence-corrected chi connectivity index (χ3v) is 5.39. The number of nitro groups is 1. The zero-order chi connectivity index (χ0) is 23.5. The van der Waals surface area contributed by atoms with Crippen LogP contribution < -0.4 is 15.5 Å². The predicted octanol–water partition coefficient (Wildman–Crippen LogP) is 1.31. The van der Waals surface area contributed by atoms with Crippen molar-refractivity contribution >= 4 is 41.2 Å². The van der Waals surface area contributed by atoms with Gasteiger partial charge in [0.2, 0.25) is 0 Å². The van der Waals surface area contributed by atoms with E-state index in [4.69, 9.17) is 0 Å². The van der Waals surface area contributed by atoms with Crippen LogP contribution >= 0.6 is 0 Å². The fourth-order valence-corrected chi connectivity index (χ4v) is 3.73. The van der Waals surface area contributed by atoms with Gasteiger partial charge in [0.15, 0.2) is 0 Å². The summed E-state index contributed by atoms with van der Waals surface area (Å²) in [6, 6.07) is 12.1. The summed E-state index contributed by atoms with van der Waals surface area (Å²) in [6.07, 6.45) is 1.22. The van der Waals surface area contributed by atoms with Crippen molar-refractivity contribution in [3.05, 3.63) is 75.3 Å². The van der Waals surface area contributed by atoms with Crippen molar-refractivity contribution in [3.63, 3.8) is 0 Å². The van der Waals surface area contributed by atoms with Gasteiger partial charge in [-0.3, -0.25) is 35.1 Å². The summed E-state index contributed by atoms with van der Waals surface area (Å²) in [6.45, 7) is 1.75. The Labute approximate surface area is 187 Å². The second-order valence-corrected chi connectivity index (χ2v) is 7.44. The van der Waals surface area contributed by atoms with Crippen LogP contribution in [0.1, 0.15) is 15.9 Å². The Bertz CT molecular complexity index is 1160. The van der Waals surface area contributed by atoms with Gasteiger partial charge in [-0.2, -0.15) is 0 Å². The monoisotopic (exact) mass is 449 g/mol. The zero-order valence-corrected chi connectivity index (χ0v) is 17.3. The minimum atomic E-state index is -0.930. The molecule has 4 rings (SSSR count). The molecular weight excluding hydrogens is 430 g/mol. The summed E-state index contributed by atoms with van der Waals surface area (Å²) in [5, 5.41) is 15.2. The Hall–Kier alpha value is -4.54. The van der Waals surface area contributed by atoms with Gasteiger partial charge in [-0.1, -0.05) is 18.2 Å². The van der Waals surface area contributed by atoms with Gasteiger partial charge < -0.3 is 9.80 Å². The van der Waals surface area contributed by atoms with Crippen LogP contribution in [0.5, 0.6) is 0 Å². The molecule has 0 unspecified atom stereocenters. The topological polar surface area (TPSA) is 142 Å². The van der Waals surface area contributed by atoms with E-state index in [-0.39, 0.29) is 22.7 Å². The second-order valence-electron chi connectivity index (χ2n) is 7.44. The lowest BCUT2D eigenvalue weighted by Crippen LogP contribution is -2.51. The number of urea groups is 1. The summed E-state index contributed by atoms with van der Waals surface area (Å²) >= 11 is 0. The maximum Gasteiger partial charge on any atom is 0.328 e. The number of non-ortho nitro benzene ring substituents is 1. The highest BCUT2D eigenvalue weighted by Gasteiger charge is 2.29. The largest absolute Gasteiger partial charge is 0.367 e. The quantitative estimate of drug-likeness (QED) is 0.310. The van der Waals surface area contributed by atoms with Crippen LogP contribution in [-0.4, -0.2) is 59.8 Å². The van der Waals surface area contributed by atoms with Gasteiger partial charge in [0, 0.05) is 55.1 Å². The summed E-state index contributed by atoms with van der Waals surface area (Å²) in [7, 11) is 0. The summed E-state index contributed by atoms with van der Waals surface area (Å²) in [4.78, 5) is 62.6. The van der Waals surface area contributed by atoms with Gasteiger partial charge in [-0.05, 0) is 24.3 Å². The molecule has 2 aromatic rings. The van der Waals surface area contributed by atoms with Crippen molar-refractivity contribution in [1.82, 2.24) is 15.5 Å². The van der Waals surface area contributed by atoms with E-state index in [1.807, 2.05) is 21.6 Å². The zero-order valence-electron chi connectivity index (χ0n) is 17.3. The van der Waals surface area contributed by atoms with Crippen LogP contribution in [0, 0.1) is 10.1 Å². The number of nitrogens with zero attached hydrogens (tertiary/aromatic N) is 3. The Morgan fingerprint density at radius 1 is 0.939 bits per heavy atom. The van der Waals surface area contributed by atoms with E-state index >= 15 is 0 Å². The molecule has 2 saturated heterocycles. The van der Waals surface area contributed by atoms with Crippen LogP contribution in [-0.2, 0) is 9.59 Å². The van der Waals surface area contributed by atoms with Crippen molar-refractivity contribution in [2.24, 2.45) is 0 Å². The van der Waals surface area contributed by atoms with Crippen LogP contribution in [0.25, 0.3) is 6.08 Å². The van der Waals surface area contributed by atoms with Gasteiger partial charge in [-0.25, -0.2) is 4.79 Å². The molecule has 0 atom stereocenters. The molecule has 2 N–H and O–H groups in total. The number of nitro benzene ring substituents is 1. The third-order valence-electron chi connectivity index (χ3n) is 5.39. The fourth-order valence-electron chi connectivity index (χ4n) is 3.73. The molecule has 33 heavy (non-hydrogen) atoms. The van der Waals surface area contributed by atoms with Crippen LogP contribution in [0.15, 0.2) is 54.1 Å². The molecule has 0 aliphatic carbocycles. The van der Waals surface area contributed by atoms with Gasteiger partial charge >= 0.3 is 6.03 Å². The SMILES string of the molecule is O=C1NC(=O)C(=Cc2cc([N+](=O)[O-])ccc2N2CCN(C(=O)c3ccccc3)CC2)C(=O)N1. The standard InChI is InChI=1S/C22H19N5O6/c28-19-17(20(29)24-22(31)23-19)13-15-12-16(27(32)33)6-7-18(15)25-8-10-26(11-9-25)21(30)14-4-2-1-3-5-14/h1-7,12-13H,8-11H2,(H2,23,24,28,29,31). The maximum absolute atomic E-state index is 12.7. The highest BCUT2D eigenvalue weighted by molar-refractivity contribution is 6.31. The average molecular weight is 449 g/mol. The Kier molecular flexibility index (Phi) is 5.85. The van der Waals surface area contributed by atoms with Crippen molar-refractivity contribution in [2.45, 2.75) is 0 Å². The van der Waals surface area contributed by atoms with E-state index in [2.05, 4.69) is 0 Å².